The van der Waals surface area contributed by atoms with Crippen LogP contribution in [0.1, 0.15) is 24.5 Å². The van der Waals surface area contributed by atoms with Gasteiger partial charge in [0.1, 0.15) is 11.1 Å². The number of hydrogen-bond acceptors (Lipinski definition) is 7. The summed E-state index contributed by atoms with van der Waals surface area (Å²) in [6.07, 6.45) is -4.45. The van der Waals surface area contributed by atoms with Crippen molar-refractivity contribution in [3.63, 3.8) is 0 Å². The van der Waals surface area contributed by atoms with E-state index in [1.165, 1.54) is 30.2 Å². The first kappa shape index (κ1) is 23.6. The second kappa shape index (κ2) is 8.80. The van der Waals surface area contributed by atoms with Crippen molar-refractivity contribution in [2.45, 2.75) is 35.8 Å². The van der Waals surface area contributed by atoms with Crippen molar-refractivity contribution in [3.05, 3.63) is 34.7 Å². The largest absolute Gasteiger partial charge is 0.417 e. The summed E-state index contributed by atoms with van der Waals surface area (Å²) in [6.45, 7) is 1.50. The Morgan fingerprint density at radius 3 is 2.68 bits per heavy atom. The van der Waals surface area contributed by atoms with Gasteiger partial charge in [0.05, 0.1) is 38.5 Å². The van der Waals surface area contributed by atoms with Crippen LogP contribution < -0.4 is 0 Å². The minimum Gasteiger partial charge on any atom is -0.341 e. The summed E-state index contributed by atoms with van der Waals surface area (Å²) in [5.41, 5.74) is -1.67. The van der Waals surface area contributed by atoms with Gasteiger partial charge in [-0.3, -0.25) is 4.79 Å². The van der Waals surface area contributed by atoms with Gasteiger partial charge in [0.2, 0.25) is 5.91 Å². The first-order valence-corrected chi connectivity index (χ1v) is 12.7. The zero-order chi connectivity index (χ0) is 23.0. The van der Waals surface area contributed by atoms with Crippen molar-refractivity contribution in [3.8, 4) is 16.6 Å². The maximum Gasteiger partial charge on any atom is 0.417 e. The van der Waals surface area contributed by atoms with Crippen molar-refractivity contribution in [2.24, 2.45) is 0 Å². The predicted octanol–water partition coefficient (Wildman–Crippen LogP) is 3.83. The maximum atomic E-state index is 13.6. The standard InChI is InChI=1S/C19H18F3N3O3S3/c1-11(18(26)25(2)12-5-7-31(27,28)10-12)30-17-13(9-23)14(19(20,21)22)8-15(24-17)16-4-3-6-29-16/h3-4,6,8,11-12H,5,7,10H2,1-2H3/t11-,12+/m0/s1. The number of carbonyl (C=O) groups excluding carboxylic acids is 1. The van der Waals surface area contributed by atoms with Crippen LogP contribution in [0.25, 0.3) is 10.6 Å². The first-order valence-electron chi connectivity index (χ1n) is 9.13. The number of sulfone groups is 1. The van der Waals surface area contributed by atoms with Crippen LogP contribution in [-0.2, 0) is 20.8 Å². The van der Waals surface area contributed by atoms with Crippen molar-refractivity contribution >= 4 is 38.8 Å². The Bertz CT molecular complexity index is 1130. The van der Waals surface area contributed by atoms with E-state index in [0.29, 0.717) is 11.3 Å². The van der Waals surface area contributed by atoms with E-state index in [0.717, 1.165) is 17.8 Å². The Morgan fingerprint density at radius 2 is 2.16 bits per heavy atom. The van der Waals surface area contributed by atoms with Gasteiger partial charge in [0.15, 0.2) is 9.84 Å². The SMILES string of the molecule is C[C@H](Sc1nc(-c2cccs2)cc(C(F)(F)F)c1C#N)C(=O)N(C)[C@@H]1CCS(=O)(=O)C1. The molecule has 0 aromatic carbocycles. The van der Waals surface area contributed by atoms with E-state index >= 15 is 0 Å². The molecule has 1 aliphatic heterocycles. The molecule has 0 radical (unpaired) electrons. The molecule has 0 aliphatic carbocycles. The number of halogens is 3. The van der Waals surface area contributed by atoms with E-state index in [1.54, 1.807) is 23.6 Å². The van der Waals surface area contributed by atoms with E-state index in [9.17, 15) is 31.6 Å². The second-order valence-corrected chi connectivity index (χ2v) is 11.6. The molecule has 3 heterocycles. The van der Waals surface area contributed by atoms with Gasteiger partial charge in [-0.25, -0.2) is 13.4 Å². The summed E-state index contributed by atoms with van der Waals surface area (Å²) < 4.78 is 64.3. The van der Waals surface area contributed by atoms with Crippen molar-refractivity contribution in [2.75, 3.05) is 18.6 Å². The average molecular weight is 490 g/mol. The molecule has 0 N–H and O–H groups in total. The van der Waals surface area contributed by atoms with Gasteiger partial charge in [-0.15, -0.1) is 11.3 Å². The lowest BCUT2D eigenvalue weighted by atomic mass is 10.1. The number of alkyl halides is 3. The Labute approximate surface area is 186 Å². The fourth-order valence-electron chi connectivity index (χ4n) is 3.25. The lowest BCUT2D eigenvalue weighted by molar-refractivity contribution is -0.138. The number of thioether (sulfide) groups is 1. The van der Waals surface area contributed by atoms with Crippen LogP contribution in [0.2, 0.25) is 0 Å². The quantitative estimate of drug-likeness (QED) is 0.593. The third-order valence-corrected chi connectivity index (χ3v) is 8.63. The van der Waals surface area contributed by atoms with E-state index in [2.05, 4.69) is 4.98 Å². The van der Waals surface area contributed by atoms with Crippen molar-refractivity contribution in [1.29, 1.82) is 5.26 Å². The zero-order valence-corrected chi connectivity index (χ0v) is 19.0. The van der Waals surface area contributed by atoms with Crippen LogP contribution in [0.3, 0.4) is 0 Å². The van der Waals surface area contributed by atoms with Gasteiger partial charge in [-0.1, -0.05) is 17.8 Å². The summed E-state index contributed by atoms with van der Waals surface area (Å²) in [7, 11) is -1.72. The van der Waals surface area contributed by atoms with E-state index < -0.39 is 44.3 Å². The van der Waals surface area contributed by atoms with Gasteiger partial charge in [0, 0.05) is 13.1 Å². The third kappa shape index (κ3) is 5.22. The van der Waals surface area contributed by atoms with E-state index in [4.69, 9.17) is 0 Å². The monoisotopic (exact) mass is 489 g/mol. The Morgan fingerprint density at radius 1 is 1.45 bits per heavy atom. The van der Waals surface area contributed by atoms with Gasteiger partial charge in [-0.05, 0) is 30.9 Å². The minimum absolute atomic E-state index is 0.00521. The second-order valence-electron chi connectivity index (χ2n) is 7.09. The topological polar surface area (TPSA) is 91.1 Å². The van der Waals surface area contributed by atoms with Gasteiger partial charge in [-0.2, -0.15) is 18.4 Å². The predicted molar refractivity (Wildman–Crippen MR) is 112 cm³/mol. The summed E-state index contributed by atoms with van der Waals surface area (Å²) in [6, 6.07) is 5.24. The molecule has 0 spiro atoms. The molecule has 0 bridgehead atoms. The fraction of sp³-hybridized carbons (Fsp3) is 0.421. The molecule has 12 heteroatoms. The highest BCUT2D eigenvalue weighted by atomic mass is 32.2. The molecule has 1 fully saturated rings. The lowest BCUT2D eigenvalue weighted by Gasteiger charge is -2.26. The first-order chi connectivity index (χ1) is 14.4. The molecule has 166 valence electrons. The molecule has 1 aliphatic rings. The molecule has 0 unspecified atom stereocenters. The molecule has 2 atom stereocenters. The molecule has 31 heavy (non-hydrogen) atoms. The molecule has 6 nitrogen and oxygen atoms in total. The highest BCUT2D eigenvalue weighted by Gasteiger charge is 2.38. The number of rotatable bonds is 5. The van der Waals surface area contributed by atoms with Crippen LogP contribution >= 0.6 is 23.1 Å². The molecule has 2 aromatic rings. The smallest absolute Gasteiger partial charge is 0.341 e. The summed E-state index contributed by atoms with van der Waals surface area (Å²) in [4.78, 5) is 18.9. The molecule has 1 saturated heterocycles. The number of hydrogen-bond donors (Lipinski definition) is 0. The van der Waals surface area contributed by atoms with Crippen LogP contribution in [0.4, 0.5) is 13.2 Å². The molecule has 2 aromatic heterocycles. The van der Waals surface area contributed by atoms with Crippen molar-refractivity contribution < 1.29 is 26.4 Å². The van der Waals surface area contributed by atoms with Crippen LogP contribution in [0.15, 0.2) is 28.6 Å². The number of nitrogens with zero attached hydrogens (tertiary/aromatic N) is 3. The van der Waals surface area contributed by atoms with E-state index in [1.807, 2.05) is 0 Å². The van der Waals surface area contributed by atoms with Gasteiger partial charge in [0.25, 0.3) is 0 Å². The number of pyridine rings is 1. The minimum atomic E-state index is -4.77. The Kier molecular flexibility index (Phi) is 6.69. The average Bonchev–Trinajstić information content (AvgIpc) is 3.35. The number of aromatic nitrogens is 1. The normalized spacial score (nSPS) is 19.0. The molecule has 3 rings (SSSR count). The summed E-state index contributed by atoms with van der Waals surface area (Å²) >= 11 is 1.97. The molecular weight excluding hydrogens is 471 g/mol. The number of nitriles is 1. The summed E-state index contributed by atoms with van der Waals surface area (Å²) in [5.74, 6) is -0.581. The van der Waals surface area contributed by atoms with Gasteiger partial charge >= 0.3 is 6.18 Å². The molecule has 1 amide bonds. The maximum absolute atomic E-state index is 13.6. The number of carbonyl (C=O) groups is 1. The highest BCUT2D eigenvalue weighted by molar-refractivity contribution is 8.00. The van der Waals surface area contributed by atoms with Gasteiger partial charge < -0.3 is 4.90 Å². The Balaban J connectivity index is 1.93. The fourth-order valence-corrected chi connectivity index (χ4v) is 6.74. The van der Waals surface area contributed by atoms with Crippen LogP contribution in [0, 0.1) is 11.3 Å². The number of thiophene rings is 1. The van der Waals surface area contributed by atoms with Crippen molar-refractivity contribution in [1.82, 2.24) is 9.88 Å². The van der Waals surface area contributed by atoms with Crippen LogP contribution in [-0.4, -0.2) is 54.1 Å². The highest BCUT2D eigenvalue weighted by Crippen LogP contribution is 2.39. The van der Waals surface area contributed by atoms with E-state index in [-0.39, 0.29) is 22.2 Å². The number of amides is 1. The molecule has 0 saturated carbocycles. The molecular formula is C19H18F3N3O3S3. The van der Waals surface area contributed by atoms with Crippen LogP contribution in [0.5, 0.6) is 0 Å². The summed E-state index contributed by atoms with van der Waals surface area (Å²) in [5, 5.41) is 10.1. The lowest BCUT2D eigenvalue weighted by Crippen LogP contribution is -2.41. The Hall–Kier alpha value is -2.10. The third-order valence-electron chi connectivity index (χ3n) is 4.92. The zero-order valence-electron chi connectivity index (χ0n) is 16.5.